The second-order valence-corrected chi connectivity index (χ2v) is 7.37. The molecule has 1 aliphatic heterocycles. The third-order valence-corrected chi connectivity index (χ3v) is 5.38. The van der Waals surface area contributed by atoms with Crippen molar-refractivity contribution < 1.29 is 0 Å². The molecule has 0 aliphatic carbocycles. The maximum Gasteiger partial charge on any atom is 0.258 e. The topological polar surface area (TPSA) is 79.8 Å². The lowest BCUT2D eigenvalue weighted by molar-refractivity contribution is 0.588. The molecule has 0 amide bonds. The Labute approximate surface area is 167 Å². The fraction of sp³-hybridized carbons (Fsp3) is 0.333. The minimum atomic E-state index is -0.107. The Bertz CT molecular complexity index is 1270. The van der Waals surface area contributed by atoms with E-state index in [1.807, 2.05) is 42.0 Å². The maximum atomic E-state index is 12.8. The van der Waals surface area contributed by atoms with E-state index in [1.54, 1.807) is 10.5 Å². The average Bonchev–Trinajstić information content (AvgIpc) is 3.17. The molecule has 1 saturated heterocycles. The molecule has 5 heterocycles. The van der Waals surface area contributed by atoms with Crippen molar-refractivity contribution in [2.45, 2.75) is 20.3 Å². The highest BCUT2D eigenvalue weighted by atomic mass is 16.1. The summed E-state index contributed by atoms with van der Waals surface area (Å²) in [5, 5.41) is 7.99. The van der Waals surface area contributed by atoms with Crippen LogP contribution in [0.25, 0.3) is 22.6 Å². The predicted molar refractivity (Wildman–Crippen MR) is 113 cm³/mol. The lowest BCUT2D eigenvalue weighted by Gasteiger charge is -2.29. The van der Waals surface area contributed by atoms with Crippen molar-refractivity contribution in [1.82, 2.24) is 29.3 Å². The first-order valence-corrected chi connectivity index (χ1v) is 9.98. The van der Waals surface area contributed by atoms with E-state index in [0.29, 0.717) is 17.0 Å². The zero-order chi connectivity index (χ0) is 20.0. The van der Waals surface area contributed by atoms with Crippen LogP contribution >= 0.6 is 0 Å². The molecule has 1 fully saturated rings. The number of nitrogens with zero attached hydrogens (tertiary/aromatic N) is 6. The Hall–Kier alpha value is -3.26. The van der Waals surface area contributed by atoms with Crippen molar-refractivity contribution in [2.75, 3.05) is 31.1 Å². The number of hydrogen-bond acceptors (Lipinski definition) is 6. The van der Waals surface area contributed by atoms with Gasteiger partial charge in [-0.25, -0.2) is 9.50 Å². The van der Waals surface area contributed by atoms with Crippen LogP contribution in [0.3, 0.4) is 0 Å². The zero-order valence-electron chi connectivity index (χ0n) is 16.6. The average molecular weight is 389 g/mol. The van der Waals surface area contributed by atoms with Crippen LogP contribution in [0.4, 0.5) is 5.69 Å². The number of rotatable bonds is 3. The molecule has 148 valence electrons. The van der Waals surface area contributed by atoms with Gasteiger partial charge in [-0.15, -0.1) is 0 Å². The maximum absolute atomic E-state index is 12.8. The quantitative estimate of drug-likeness (QED) is 0.574. The first-order chi connectivity index (χ1) is 14.1. The van der Waals surface area contributed by atoms with Crippen molar-refractivity contribution in [3.63, 3.8) is 0 Å². The standard InChI is InChI=1S/C21H23N7O/c1-3-16-19-10-18(25-28(19)12-14(2)23-16)17-11-21(29)27-13-15(4-5-20(27)24-17)26-8-6-22-7-9-26/h4-5,10-13,22H,3,6-9H2,1-2H3. The Kier molecular flexibility index (Phi) is 4.28. The molecule has 1 aliphatic rings. The van der Waals surface area contributed by atoms with E-state index < -0.39 is 0 Å². The first kappa shape index (κ1) is 17.8. The molecule has 8 nitrogen and oxygen atoms in total. The number of nitrogens with one attached hydrogen (secondary N) is 1. The number of fused-ring (bicyclic) bond motifs is 2. The second-order valence-electron chi connectivity index (χ2n) is 7.37. The Morgan fingerprint density at radius 3 is 2.69 bits per heavy atom. The van der Waals surface area contributed by atoms with Crippen LogP contribution in [0.15, 0.2) is 41.5 Å². The van der Waals surface area contributed by atoms with Crippen LogP contribution in [0.5, 0.6) is 0 Å². The SMILES string of the molecule is CCc1nc(C)cn2nc(-c3cc(=O)n4cc(N5CCNCC5)ccc4n3)cc12. The van der Waals surface area contributed by atoms with Gasteiger partial charge in [-0.2, -0.15) is 5.10 Å². The summed E-state index contributed by atoms with van der Waals surface area (Å²) in [5.74, 6) is 0. The smallest absolute Gasteiger partial charge is 0.258 e. The number of pyridine rings is 1. The van der Waals surface area contributed by atoms with Gasteiger partial charge in [0.2, 0.25) is 0 Å². The molecule has 8 heteroatoms. The number of piperazine rings is 1. The summed E-state index contributed by atoms with van der Waals surface area (Å²) in [7, 11) is 0. The lowest BCUT2D eigenvalue weighted by atomic mass is 10.2. The van der Waals surface area contributed by atoms with Gasteiger partial charge in [0.05, 0.1) is 34.5 Å². The molecule has 5 rings (SSSR count). The summed E-state index contributed by atoms with van der Waals surface area (Å²) in [4.78, 5) is 24.4. The highest BCUT2D eigenvalue weighted by Gasteiger charge is 2.14. The monoisotopic (exact) mass is 389 g/mol. The van der Waals surface area contributed by atoms with Gasteiger partial charge in [0.25, 0.3) is 5.56 Å². The Morgan fingerprint density at radius 1 is 1.07 bits per heavy atom. The van der Waals surface area contributed by atoms with E-state index in [-0.39, 0.29) is 5.56 Å². The summed E-state index contributed by atoms with van der Waals surface area (Å²) < 4.78 is 3.44. The lowest BCUT2D eigenvalue weighted by Crippen LogP contribution is -2.43. The normalized spacial score (nSPS) is 14.8. The molecule has 0 aromatic carbocycles. The third kappa shape index (κ3) is 3.15. The van der Waals surface area contributed by atoms with Gasteiger partial charge in [-0.1, -0.05) is 6.92 Å². The Balaban J connectivity index is 1.59. The number of hydrogen-bond donors (Lipinski definition) is 1. The molecule has 0 spiro atoms. The molecular weight excluding hydrogens is 366 g/mol. The van der Waals surface area contributed by atoms with Gasteiger partial charge in [0.1, 0.15) is 11.3 Å². The van der Waals surface area contributed by atoms with Crippen LogP contribution < -0.4 is 15.8 Å². The zero-order valence-corrected chi connectivity index (χ0v) is 16.6. The molecule has 4 aromatic heterocycles. The molecule has 0 radical (unpaired) electrons. The van der Waals surface area contributed by atoms with Crippen molar-refractivity contribution >= 4 is 16.9 Å². The molecule has 0 atom stereocenters. The summed E-state index contributed by atoms with van der Waals surface area (Å²) in [6.07, 6.45) is 4.59. The molecule has 29 heavy (non-hydrogen) atoms. The fourth-order valence-corrected chi connectivity index (χ4v) is 3.90. The van der Waals surface area contributed by atoms with Crippen LogP contribution in [0.2, 0.25) is 0 Å². The van der Waals surface area contributed by atoms with Gasteiger partial charge in [-0.05, 0) is 31.5 Å². The van der Waals surface area contributed by atoms with Crippen LogP contribution in [-0.4, -0.2) is 50.2 Å². The highest BCUT2D eigenvalue weighted by Crippen LogP contribution is 2.21. The number of anilines is 1. The predicted octanol–water partition coefficient (Wildman–Crippen LogP) is 1.68. The van der Waals surface area contributed by atoms with E-state index in [4.69, 9.17) is 4.98 Å². The van der Waals surface area contributed by atoms with E-state index in [1.165, 1.54) is 0 Å². The number of aryl methyl sites for hydroxylation is 2. The first-order valence-electron chi connectivity index (χ1n) is 9.98. The summed E-state index contributed by atoms with van der Waals surface area (Å²) in [5.41, 5.74) is 5.66. The van der Waals surface area contributed by atoms with Gasteiger partial charge in [-0.3, -0.25) is 14.2 Å². The van der Waals surface area contributed by atoms with Crippen molar-refractivity contribution in [2.24, 2.45) is 0 Å². The molecule has 0 saturated carbocycles. The molecular formula is C21H23N7O. The van der Waals surface area contributed by atoms with Gasteiger partial charge >= 0.3 is 0 Å². The van der Waals surface area contributed by atoms with Crippen molar-refractivity contribution in [1.29, 1.82) is 0 Å². The molecule has 4 aromatic rings. The molecule has 1 N–H and O–H groups in total. The van der Waals surface area contributed by atoms with Gasteiger partial charge in [0.15, 0.2) is 0 Å². The molecule has 0 unspecified atom stereocenters. The minimum Gasteiger partial charge on any atom is -0.368 e. The summed E-state index contributed by atoms with van der Waals surface area (Å²) >= 11 is 0. The van der Waals surface area contributed by atoms with Crippen LogP contribution in [0, 0.1) is 6.92 Å². The fourth-order valence-electron chi connectivity index (χ4n) is 3.90. The van der Waals surface area contributed by atoms with Gasteiger partial charge < -0.3 is 10.2 Å². The highest BCUT2D eigenvalue weighted by molar-refractivity contribution is 5.66. The Morgan fingerprint density at radius 2 is 1.90 bits per heavy atom. The van der Waals surface area contributed by atoms with E-state index in [9.17, 15) is 4.79 Å². The van der Waals surface area contributed by atoms with Crippen LogP contribution in [0.1, 0.15) is 18.3 Å². The largest absolute Gasteiger partial charge is 0.368 e. The van der Waals surface area contributed by atoms with Gasteiger partial charge in [0, 0.05) is 38.4 Å². The van der Waals surface area contributed by atoms with Crippen LogP contribution in [-0.2, 0) is 6.42 Å². The van der Waals surface area contributed by atoms with E-state index in [2.05, 4.69) is 27.2 Å². The number of aromatic nitrogens is 5. The minimum absolute atomic E-state index is 0.107. The summed E-state index contributed by atoms with van der Waals surface area (Å²) in [6, 6.07) is 7.45. The van der Waals surface area contributed by atoms with Crippen molar-refractivity contribution in [3.05, 3.63) is 58.4 Å². The van der Waals surface area contributed by atoms with E-state index in [0.717, 1.165) is 55.2 Å². The van der Waals surface area contributed by atoms with E-state index >= 15 is 0 Å². The second kappa shape index (κ2) is 6.97. The third-order valence-electron chi connectivity index (χ3n) is 5.38. The van der Waals surface area contributed by atoms with Crippen molar-refractivity contribution in [3.8, 4) is 11.4 Å². The summed E-state index contributed by atoms with van der Waals surface area (Å²) in [6.45, 7) is 7.79. The molecule has 0 bridgehead atoms.